The van der Waals surface area contributed by atoms with Crippen molar-refractivity contribution in [2.24, 2.45) is 0 Å². The molecule has 2 aromatic rings. The maximum atomic E-state index is 12.7. The van der Waals surface area contributed by atoms with Crippen LogP contribution in [0.25, 0.3) is 0 Å². The summed E-state index contributed by atoms with van der Waals surface area (Å²) in [7, 11) is 4.45. The van der Waals surface area contributed by atoms with Crippen LogP contribution in [-0.4, -0.2) is 59.4 Å². The van der Waals surface area contributed by atoms with Crippen LogP contribution in [0.5, 0.6) is 28.7 Å². The molecule has 1 aliphatic carbocycles. The third-order valence-corrected chi connectivity index (χ3v) is 6.68. The van der Waals surface area contributed by atoms with Crippen LogP contribution in [0.2, 0.25) is 0 Å². The highest BCUT2D eigenvalue weighted by molar-refractivity contribution is 5.97. The Morgan fingerprint density at radius 1 is 0.886 bits per heavy atom. The molecule has 1 heterocycles. The summed E-state index contributed by atoms with van der Waals surface area (Å²) in [5.41, 5.74) is 1.28. The summed E-state index contributed by atoms with van der Waals surface area (Å²) in [5, 5.41) is 5.69. The maximum absolute atomic E-state index is 12.7. The number of amides is 2. The van der Waals surface area contributed by atoms with Crippen molar-refractivity contribution in [1.29, 1.82) is 0 Å². The van der Waals surface area contributed by atoms with E-state index in [0.29, 0.717) is 42.6 Å². The molecule has 2 N–H and O–H groups in total. The smallest absolute Gasteiger partial charge is 0.251 e. The molecule has 0 saturated heterocycles. The van der Waals surface area contributed by atoms with Crippen molar-refractivity contribution in [1.82, 2.24) is 10.6 Å². The first-order chi connectivity index (χ1) is 17.0. The molecule has 9 heteroatoms. The van der Waals surface area contributed by atoms with Crippen LogP contribution < -0.4 is 34.3 Å². The van der Waals surface area contributed by atoms with E-state index in [1.165, 1.54) is 21.3 Å². The number of hydrogen-bond acceptors (Lipinski definition) is 7. The van der Waals surface area contributed by atoms with Gasteiger partial charge in [-0.25, -0.2) is 0 Å². The lowest BCUT2D eigenvalue weighted by Gasteiger charge is -2.31. The Bertz CT molecular complexity index is 1050. The average Bonchev–Trinajstić information content (AvgIpc) is 3.39. The van der Waals surface area contributed by atoms with Crippen molar-refractivity contribution in [3.63, 3.8) is 0 Å². The van der Waals surface area contributed by atoms with Gasteiger partial charge in [0.1, 0.15) is 13.2 Å². The van der Waals surface area contributed by atoms with E-state index in [1.54, 1.807) is 12.1 Å². The quantitative estimate of drug-likeness (QED) is 0.564. The number of methoxy groups -OCH3 is 3. The van der Waals surface area contributed by atoms with Gasteiger partial charge in [0.15, 0.2) is 23.0 Å². The van der Waals surface area contributed by atoms with E-state index < -0.39 is 5.91 Å². The second-order valence-corrected chi connectivity index (χ2v) is 8.72. The third kappa shape index (κ3) is 5.23. The Morgan fingerprint density at radius 2 is 1.54 bits per heavy atom. The zero-order valence-electron chi connectivity index (χ0n) is 20.4. The minimum Gasteiger partial charge on any atom is -0.493 e. The molecule has 2 amide bonds. The van der Waals surface area contributed by atoms with E-state index in [9.17, 15) is 9.59 Å². The first-order valence-corrected chi connectivity index (χ1v) is 11.7. The second kappa shape index (κ2) is 10.8. The number of rotatable bonds is 9. The molecular weight excluding hydrogens is 452 g/mol. The Balaban J connectivity index is 1.38. The predicted octanol–water partition coefficient (Wildman–Crippen LogP) is 2.84. The molecule has 2 aromatic carbocycles. The summed E-state index contributed by atoms with van der Waals surface area (Å²) in [6, 6.07) is 9.15. The fourth-order valence-electron chi connectivity index (χ4n) is 4.80. The number of fused-ring (bicyclic) bond motifs is 1. The van der Waals surface area contributed by atoms with Crippen molar-refractivity contribution in [2.45, 2.75) is 31.1 Å². The maximum Gasteiger partial charge on any atom is 0.251 e. The highest BCUT2D eigenvalue weighted by atomic mass is 16.6. The molecule has 0 spiro atoms. The molecule has 0 radical (unpaired) electrons. The third-order valence-electron chi connectivity index (χ3n) is 6.68. The number of hydrogen-bond donors (Lipinski definition) is 2. The highest BCUT2D eigenvalue weighted by Gasteiger charge is 2.36. The molecule has 1 aliphatic heterocycles. The van der Waals surface area contributed by atoms with Crippen molar-refractivity contribution in [3.05, 3.63) is 41.5 Å². The minimum atomic E-state index is -0.415. The van der Waals surface area contributed by atoms with E-state index in [-0.39, 0.29) is 17.9 Å². The zero-order valence-corrected chi connectivity index (χ0v) is 20.4. The summed E-state index contributed by atoms with van der Waals surface area (Å²) in [4.78, 5) is 25.3. The van der Waals surface area contributed by atoms with Gasteiger partial charge in [0.25, 0.3) is 5.91 Å². The standard InChI is InChI=1S/C26H32N2O7/c1-31-21-12-17(13-22(32-2)24(21)33-3)25(30)27-15-23(29)28-16-26(8-4-5-9-26)18-6-7-19-20(14-18)35-11-10-34-19/h6-7,12-14H,4-5,8-11,15-16H2,1-3H3,(H,27,30)(H,28,29). The second-order valence-electron chi connectivity index (χ2n) is 8.72. The molecule has 1 fully saturated rings. The van der Waals surface area contributed by atoms with Crippen LogP contribution in [0.3, 0.4) is 0 Å². The molecule has 188 valence electrons. The zero-order chi connectivity index (χ0) is 24.8. The molecule has 0 aromatic heterocycles. The Kier molecular flexibility index (Phi) is 7.53. The largest absolute Gasteiger partial charge is 0.493 e. The fourth-order valence-corrected chi connectivity index (χ4v) is 4.80. The predicted molar refractivity (Wildman–Crippen MR) is 129 cm³/mol. The van der Waals surface area contributed by atoms with Crippen LogP contribution in [-0.2, 0) is 10.2 Å². The Hall–Kier alpha value is -3.62. The van der Waals surface area contributed by atoms with E-state index in [0.717, 1.165) is 42.7 Å². The molecule has 4 rings (SSSR count). The summed E-state index contributed by atoms with van der Waals surface area (Å²) >= 11 is 0. The topological polar surface area (TPSA) is 104 Å². The van der Waals surface area contributed by atoms with Gasteiger partial charge in [-0.3, -0.25) is 9.59 Å². The minimum absolute atomic E-state index is 0.146. The van der Waals surface area contributed by atoms with Crippen LogP contribution >= 0.6 is 0 Å². The van der Waals surface area contributed by atoms with Gasteiger partial charge in [0.2, 0.25) is 11.7 Å². The van der Waals surface area contributed by atoms with Gasteiger partial charge < -0.3 is 34.3 Å². The van der Waals surface area contributed by atoms with Gasteiger partial charge in [-0.15, -0.1) is 0 Å². The van der Waals surface area contributed by atoms with E-state index in [1.807, 2.05) is 12.1 Å². The van der Waals surface area contributed by atoms with Crippen LogP contribution in [0, 0.1) is 0 Å². The summed E-state index contributed by atoms with van der Waals surface area (Å²) in [6.45, 7) is 1.43. The molecule has 35 heavy (non-hydrogen) atoms. The number of nitrogens with one attached hydrogen (secondary N) is 2. The van der Waals surface area contributed by atoms with Crippen LogP contribution in [0.1, 0.15) is 41.6 Å². The Labute approximate surface area is 205 Å². The van der Waals surface area contributed by atoms with Gasteiger partial charge >= 0.3 is 0 Å². The van der Waals surface area contributed by atoms with Crippen molar-refractivity contribution in [2.75, 3.05) is 47.6 Å². The van der Waals surface area contributed by atoms with E-state index >= 15 is 0 Å². The van der Waals surface area contributed by atoms with Crippen molar-refractivity contribution >= 4 is 11.8 Å². The van der Waals surface area contributed by atoms with E-state index in [4.69, 9.17) is 23.7 Å². The van der Waals surface area contributed by atoms with Crippen LogP contribution in [0.15, 0.2) is 30.3 Å². The first kappa shape index (κ1) is 24.5. The molecule has 0 unspecified atom stereocenters. The molecule has 1 saturated carbocycles. The highest BCUT2D eigenvalue weighted by Crippen LogP contribution is 2.44. The van der Waals surface area contributed by atoms with Gasteiger partial charge in [0, 0.05) is 17.5 Å². The van der Waals surface area contributed by atoms with Crippen molar-refractivity contribution < 1.29 is 33.3 Å². The van der Waals surface area contributed by atoms with E-state index in [2.05, 4.69) is 16.7 Å². The lowest BCUT2D eigenvalue weighted by Crippen LogP contribution is -2.43. The molecule has 2 aliphatic rings. The normalized spacial score (nSPS) is 15.7. The van der Waals surface area contributed by atoms with Gasteiger partial charge in [0.05, 0.1) is 27.9 Å². The number of ether oxygens (including phenoxy) is 5. The SMILES string of the molecule is COc1cc(C(=O)NCC(=O)NCC2(c3ccc4c(c3)OCCO4)CCCC2)cc(OC)c1OC. The summed E-state index contributed by atoms with van der Waals surface area (Å²) < 4.78 is 27.3. The molecular formula is C26H32N2O7. The number of benzene rings is 2. The summed E-state index contributed by atoms with van der Waals surface area (Å²) in [6.07, 6.45) is 4.15. The van der Waals surface area contributed by atoms with Gasteiger partial charge in [-0.1, -0.05) is 18.9 Å². The molecule has 9 nitrogen and oxygen atoms in total. The monoisotopic (exact) mass is 484 g/mol. The first-order valence-electron chi connectivity index (χ1n) is 11.7. The lowest BCUT2D eigenvalue weighted by molar-refractivity contribution is -0.120. The number of carbonyl (C=O) groups excluding carboxylic acids is 2. The van der Waals surface area contributed by atoms with Crippen LogP contribution in [0.4, 0.5) is 0 Å². The molecule has 0 atom stereocenters. The van der Waals surface area contributed by atoms with Gasteiger partial charge in [-0.2, -0.15) is 0 Å². The molecule has 0 bridgehead atoms. The fraction of sp³-hybridized carbons (Fsp3) is 0.462. The van der Waals surface area contributed by atoms with Crippen molar-refractivity contribution in [3.8, 4) is 28.7 Å². The lowest BCUT2D eigenvalue weighted by atomic mass is 9.78. The Morgan fingerprint density at radius 3 is 2.17 bits per heavy atom. The average molecular weight is 485 g/mol. The van der Waals surface area contributed by atoms with Gasteiger partial charge in [-0.05, 0) is 42.7 Å². The summed E-state index contributed by atoms with van der Waals surface area (Å²) in [5.74, 6) is 1.96. The number of carbonyl (C=O) groups is 2.